The van der Waals surface area contributed by atoms with Crippen LogP contribution in [-0.4, -0.2) is 38.7 Å². The van der Waals surface area contributed by atoms with Crippen LogP contribution in [0.25, 0.3) is 0 Å². The van der Waals surface area contributed by atoms with Gasteiger partial charge in [-0.25, -0.2) is 0 Å². The molecule has 7 heteroatoms. The Bertz CT molecular complexity index is 194. The Morgan fingerprint density at radius 3 is 2.18 bits per heavy atom. The van der Waals surface area contributed by atoms with E-state index >= 15 is 0 Å². The normalized spacial score (nSPS) is 16.6. The van der Waals surface area contributed by atoms with Gasteiger partial charge in [0.05, 0.1) is 18.8 Å². The van der Waals surface area contributed by atoms with Crippen molar-refractivity contribution in [3.05, 3.63) is 6.65 Å². The topological polar surface area (TPSA) is 58.7 Å². The summed E-state index contributed by atoms with van der Waals surface area (Å²) in [5.41, 5.74) is 1.22. The average Bonchev–Trinajstić information content (AvgIpc) is 3.05. The van der Waals surface area contributed by atoms with Crippen molar-refractivity contribution < 1.29 is 38.4 Å². The SMILES string of the molecule is CC1CO1.COC(C)CC(C)=O.[2H][B]I.[C-]#[O+].[Zn]. The van der Waals surface area contributed by atoms with E-state index in [9.17, 15) is 4.79 Å². The van der Waals surface area contributed by atoms with Crippen molar-refractivity contribution in [2.45, 2.75) is 39.4 Å². The van der Waals surface area contributed by atoms with E-state index in [1.54, 1.807) is 14.0 Å². The van der Waals surface area contributed by atoms with Gasteiger partial charge in [-0.2, -0.15) is 22.4 Å². The maximum atomic E-state index is 10.3. The maximum Gasteiger partial charge on any atom is 0 e. The molecule has 0 aliphatic carbocycles. The van der Waals surface area contributed by atoms with Crippen LogP contribution in [0, 0.1) is 6.65 Å². The molecule has 1 heterocycles. The van der Waals surface area contributed by atoms with Gasteiger partial charge in [0.1, 0.15) is 5.78 Å². The van der Waals surface area contributed by atoms with Gasteiger partial charge in [0, 0.05) is 33.0 Å². The number of carbonyl (C=O) groups is 1. The van der Waals surface area contributed by atoms with Crippen LogP contribution >= 0.6 is 22.4 Å². The van der Waals surface area contributed by atoms with Crippen LogP contribution in [0.4, 0.5) is 0 Å². The van der Waals surface area contributed by atoms with E-state index in [0.29, 0.717) is 12.5 Å². The van der Waals surface area contributed by atoms with Gasteiger partial charge in [0.15, 0.2) is 5.67 Å². The summed E-state index contributed by atoms with van der Waals surface area (Å²) in [5.74, 6) is 0.180. The molecule has 1 fully saturated rings. The van der Waals surface area contributed by atoms with Gasteiger partial charge >= 0.3 is 11.3 Å². The van der Waals surface area contributed by atoms with Gasteiger partial charge in [-0.3, -0.25) is 4.79 Å². The molecule has 0 N–H and O–H groups in total. The van der Waals surface area contributed by atoms with Crippen LogP contribution in [0.3, 0.4) is 0 Å². The fourth-order valence-electron chi connectivity index (χ4n) is 0.584. The molecule has 0 saturated carbocycles. The Morgan fingerprint density at radius 2 is 2.12 bits per heavy atom. The Labute approximate surface area is 133 Å². The van der Waals surface area contributed by atoms with Crippen molar-refractivity contribution >= 4 is 33.8 Å². The first-order valence-corrected chi connectivity index (χ1v) is 5.87. The van der Waals surface area contributed by atoms with Crippen LogP contribution in [-0.2, 0) is 38.4 Å². The van der Waals surface area contributed by atoms with Crippen LogP contribution in [0.2, 0.25) is 0 Å². The maximum absolute atomic E-state index is 10.3. The van der Waals surface area contributed by atoms with Gasteiger partial charge in [0.25, 0.3) is 0 Å². The molecule has 4 nitrogen and oxygen atoms in total. The number of ketones is 1. The standard InChI is InChI=1S/C6H12O2.C3H6O.CO.BHI.Zn/c1-5(7)4-6(2)8-3;1-3-2-4-3;2*1-2;/h6H,4H2,1-3H3;3H,2H2,1H3;;1H;/i;;;1D;. The smallest absolute Gasteiger partial charge is 0 e. The average molecular weight is 407 g/mol. The largest absolute Gasteiger partial charge is 0 e. The number of halogens is 1. The minimum Gasteiger partial charge on any atom is 0 e. The third-order valence-electron chi connectivity index (χ3n) is 1.48. The molecule has 0 bridgehead atoms. The first kappa shape index (κ1) is 22.9. The Balaban J connectivity index is -0.0000000827. The predicted octanol–water partition coefficient (Wildman–Crippen LogP) is 1.60. The van der Waals surface area contributed by atoms with E-state index in [-0.39, 0.29) is 31.4 Å². The summed E-state index contributed by atoms with van der Waals surface area (Å²) in [6, 6.07) is 0. The molecular weight excluding hydrogens is 387 g/mol. The summed E-state index contributed by atoms with van der Waals surface area (Å²) in [4.78, 5) is 10.3. The number of hydrogen-bond acceptors (Lipinski definition) is 3. The molecule has 1 aliphatic rings. The van der Waals surface area contributed by atoms with Crippen LogP contribution in [0.5, 0.6) is 0 Å². The number of epoxide rings is 1. The number of carbonyl (C=O) groups excluding carboxylic acids is 1. The molecular formula is C10H19BIO4Zn. The van der Waals surface area contributed by atoms with Crippen molar-refractivity contribution in [1.82, 2.24) is 0 Å². The Morgan fingerprint density at radius 1 is 1.82 bits per heavy atom. The molecule has 1 radical (unpaired) electrons. The zero-order valence-corrected chi connectivity index (χ0v) is 16.0. The number of ether oxygens (including phenoxy) is 2. The summed E-state index contributed by atoms with van der Waals surface area (Å²) in [6.07, 6.45) is 1.18. The van der Waals surface area contributed by atoms with Gasteiger partial charge in [0.2, 0.25) is 0 Å². The van der Waals surface area contributed by atoms with Crippen molar-refractivity contribution in [2.24, 2.45) is 0 Å². The van der Waals surface area contributed by atoms with Crippen LogP contribution in [0.15, 0.2) is 0 Å². The van der Waals surface area contributed by atoms with E-state index in [1.807, 2.05) is 29.3 Å². The number of rotatable bonds is 3. The Kier molecular flexibility index (Phi) is 29.6. The van der Waals surface area contributed by atoms with E-state index in [0.717, 1.165) is 6.61 Å². The van der Waals surface area contributed by atoms with E-state index < -0.39 is 0 Å². The fourth-order valence-corrected chi connectivity index (χ4v) is 0.584. The zero-order chi connectivity index (χ0) is 14.3. The third-order valence-corrected chi connectivity index (χ3v) is 1.48. The summed E-state index contributed by atoms with van der Waals surface area (Å²) in [5, 5.41) is 0. The summed E-state index contributed by atoms with van der Waals surface area (Å²) in [6.45, 7) is 11.0. The van der Waals surface area contributed by atoms with Crippen LogP contribution < -0.4 is 0 Å². The second-order valence-corrected chi connectivity index (χ2v) is 3.10. The van der Waals surface area contributed by atoms with Gasteiger partial charge in [-0.15, -0.1) is 0 Å². The third kappa shape index (κ3) is 38.3. The number of hydrogen-bond donors (Lipinski definition) is 0. The van der Waals surface area contributed by atoms with Gasteiger partial charge in [-0.05, 0) is 22.1 Å². The molecule has 0 aromatic rings. The fraction of sp³-hybridized carbons (Fsp3) is 0.800. The molecule has 0 amide bonds. The summed E-state index contributed by atoms with van der Waals surface area (Å²) < 4.78 is 23.1. The minimum absolute atomic E-state index is 0. The first-order chi connectivity index (χ1) is 7.97. The molecule has 1 rings (SSSR count). The quantitative estimate of drug-likeness (QED) is 0.235. The molecule has 2 atom stereocenters. The monoisotopic (exact) mass is 406 g/mol. The number of Topliss-reactive ketones (excluding diaryl/α,β-unsaturated/α-hetero) is 1. The molecule has 95 valence electrons. The summed E-state index contributed by atoms with van der Waals surface area (Å²) in [7, 11) is 1.60. The molecule has 1 aliphatic heterocycles. The van der Waals surface area contributed by atoms with Crippen LogP contribution in [0.1, 0.15) is 27.2 Å². The van der Waals surface area contributed by atoms with E-state index in [4.69, 9.17) is 15.5 Å². The van der Waals surface area contributed by atoms with Crippen molar-refractivity contribution in [2.75, 3.05) is 13.7 Å². The zero-order valence-electron chi connectivity index (χ0n) is 11.9. The first-order valence-electron chi connectivity index (χ1n) is 5.20. The molecule has 1 saturated heterocycles. The molecule has 0 aromatic carbocycles. The number of methoxy groups -OCH3 is 1. The van der Waals surface area contributed by atoms with Gasteiger partial charge < -0.3 is 9.47 Å². The van der Waals surface area contributed by atoms with Crippen molar-refractivity contribution in [1.29, 1.82) is 1.34 Å². The van der Waals surface area contributed by atoms with Crippen molar-refractivity contribution in [3.63, 3.8) is 0 Å². The second-order valence-electron chi connectivity index (χ2n) is 3.10. The molecule has 0 spiro atoms. The second kappa shape index (κ2) is 22.0. The minimum atomic E-state index is 0. The predicted molar refractivity (Wildman–Crippen MR) is 72.3 cm³/mol. The van der Waals surface area contributed by atoms with Crippen molar-refractivity contribution in [3.8, 4) is 0 Å². The molecule has 0 aromatic heterocycles. The van der Waals surface area contributed by atoms with E-state index in [1.165, 1.54) is 5.67 Å². The molecule has 2 unspecified atom stereocenters. The Hall–Kier alpha value is 0.748. The van der Waals surface area contributed by atoms with E-state index in [2.05, 4.69) is 13.6 Å². The summed E-state index contributed by atoms with van der Waals surface area (Å²) >= 11 is 1.83. The molecule has 17 heavy (non-hydrogen) atoms. The van der Waals surface area contributed by atoms with Gasteiger partial charge in [-0.1, -0.05) is 0 Å².